The van der Waals surface area contributed by atoms with E-state index in [0.29, 0.717) is 18.9 Å². The van der Waals surface area contributed by atoms with Crippen LogP contribution in [0.5, 0.6) is 5.75 Å². The molecule has 1 aliphatic rings. The quantitative estimate of drug-likeness (QED) is 0.775. The Morgan fingerprint density at radius 2 is 2.24 bits per heavy atom. The molecular formula is C17H25NO3. The van der Waals surface area contributed by atoms with Gasteiger partial charge in [0.05, 0.1) is 13.2 Å². The molecule has 1 amide bonds. The van der Waals surface area contributed by atoms with E-state index in [1.54, 1.807) is 7.11 Å². The molecule has 1 heterocycles. The first-order valence-corrected chi connectivity index (χ1v) is 7.68. The molecular weight excluding hydrogens is 266 g/mol. The Morgan fingerprint density at radius 1 is 1.43 bits per heavy atom. The minimum atomic E-state index is 0.180. The van der Waals surface area contributed by atoms with Crippen molar-refractivity contribution >= 4 is 5.91 Å². The lowest BCUT2D eigenvalue weighted by Gasteiger charge is -2.19. The molecule has 0 radical (unpaired) electrons. The fraction of sp³-hybridized carbons (Fsp3) is 0.588. The van der Waals surface area contributed by atoms with Crippen molar-refractivity contribution in [2.75, 3.05) is 27.3 Å². The summed E-state index contributed by atoms with van der Waals surface area (Å²) in [5.74, 6) is 1.03. The van der Waals surface area contributed by atoms with Crippen LogP contribution in [0.2, 0.25) is 0 Å². The van der Waals surface area contributed by atoms with E-state index in [-0.39, 0.29) is 5.91 Å². The third kappa shape index (κ3) is 4.74. The van der Waals surface area contributed by atoms with Gasteiger partial charge in [-0.3, -0.25) is 4.79 Å². The Bertz CT molecular complexity index is 455. The molecule has 1 aromatic carbocycles. The minimum Gasteiger partial charge on any atom is -0.496 e. The predicted molar refractivity (Wildman–Crippen MR) is 82.5 cm³/mol. The number of aryl methyl sites for hydroxylation is 1. The Kier molecular flexibility index (Phi) is 6.05. The van der Waals surface area contributed by atoms with Gasteiger partial charge in [0.15, 0.2) is 0 Å². The van der Waals surface area contributed by atoms with E-state index in [2.05, 4.69) is 0 Å². The Morgan fingerprint density at radius 3 is 2.95 bits per heavy atom. The molecule has 0 aromatic heterocycles. The van der Waals surface area contributed by atoms with Crippen LogP contribution in [0, 0.1) is 0 Å². The highest BCUT2D eigenvalue weighted by atomic mass is 16.5. The highest BCUT2D eigenvalue weighted by Gasteiger charge is 2.17. The normalized spacial score (nSPS) is 17.7. The van der Waals surface area contributed by atoms with Crippen LogP contribution in [0.25, 0.3) is 0 Å². The summed E-state index contributed by atoms with van der Waals surface area (Å²) in [6, 6.07) is 7.86. The molecule has 0 saturated carbocycles. The van der Waals surface area contributed by atoms with Gasteiger partial charge in [-0.1, -0.05) is 18.2 Å². The summed E-state index contributed by atoms with van der Waals surface area (Å²) in [5.41, 5.74) is 1.08. The lowest BCUT2D eigenvalue weighted by molar-refractivity contribution is -0.130. The highest BCUT2D eigenvalue weighted by molar-refractivity contribution is 5.76. The summed E-state index contributed by atoms with van der Waals surface area (Å²) in [4.78, 5) is 14.0. The first-order chi connectivity index (χ1) is 10.2. The molecule has 2 rings (SSSR count). The third-order valence-corrected chi connectivity index (χ3v) is 4.04. The van der Waals surface area contributed by atoms with Crippen molar-refractivity contribution in [3.8, 4) is 5.75 Å². The Hall–Kier alpha value is -1.55. The van der Waals surface area contributed by atoms with Crippen LogP contribution in [0.15, 0.2) is 24.3 Å². The number of carbonyl (C=O) groups excluding carboxylic acids is 1. The van der Waals surface area contributed by atoms with Crippen molar-refractivity contribution in [1.29, 1.82) is 0 Å². The number of methoxy groups -OCH3 is 1. The van der Waals surface area contributed by atoms with Gasteiger partial charge in [-0.15, -0.1) is 0 Å². The highest BCUT2D eigenvalue weighted by Crippen LogP contribution is 2.19. The first kappa shape index (κ1) is 15.8. The van der Waals surface area contributed by atoms with Crippen LogP contribution in [0.1, 0.15) is 31.2 Å². The van der Waals surface area contributed by atoms with Gasteiger partial charge in [-0.25, -0.2) is 0 Å². The maximum atomic E-state index is 12.2. The van der Waals surface area contributed by atoms with Gasteiger partial charge in [-0.05, 0) is 37.3 Å². The maximum absolute atomic E-state index is 12.2. The van der Waals surface area contributed by atoms with Gasteiger partial charge in [0.1, 0.15) is 5.75 Å². The van der Waals surface area contributed by atoms with E-state index in [4.69, 9.17) is 9.47 Å². The largest absolute Gasteiger partial charge is 0.496 e. The number of amides is 1. The second-order valence-corrected chi connectivity index (χ2v) is 5.55. The lowest BCUT2D eigenvalue weighted by Crippen LogP contribution is -2.30. The molecule has 1 atom stereocenters. The van der Waals surface area contributed by atoms with Crippen molar-refractivity contribution in [1.82, 2.24) is 4.90 Å². The van der Waals surface area contributed by atoms with Crippen LogP contribution in [0.4, 0.5) is 0 Å². The van der Waals surface area contributed by atoms with E-state index in [0.717, 1.165) is 43.7 Å². The van der Waals surface area contributed by atoms with Gasteiger partial charge in [-0.2, -0.15) is 0 Å². The van der Waals surface area contributed by atoms with E-state index < -0.39 is 0 Å². The summed E-state index contributed by atoms with van der Waals surface area (Å²) in [6.45, 7) is 1.64. The average Bonchev–Trinajstić information content (AvgIpc) is 3.03. The van der Waals surface area contributed by atoms with E-state index in [1.807, 2.05) is 36.2 Å². The smallest absolute Gasteiger partial charge is 0.222 e. The van der Waals surface area contributed by atoms with Gasteiger partial charge in [0.25, 0.3) is 0 Å². The fourth-order valence-electron chi connectivity index (χ4n) is 2.68. The third-order valence-electron chi connectivity index (χ3n) is 4.04. The zero-order chi connectivity index (χ0) is 15.1. The zero-order valence-electron chi connectivity index (χ0n) is 13.0. The summed E-state index contributed by atoms with van der Waals surface area (Å²) in [7, 11) is 3.54. The molecule has 1 saturated heterocycles. The van der Waals surface area contributed by atoms with Crippen LogP contribution in [0.3, 0.4) is 0 Å². The van der Waals surface area contributed by atoms with Crippen LogP contribution >= 0.6 is 0 Å². The molecule has 1 fully saturated rings. The molecule has 0 aliphatic carbocycles. The molecule has 1 aliphatic heterocycles. The molecule has 0 unspecified atom stereocenters. The second-order valence-electron chi connectivity index (χ2n) is 5.55. The second kappa shape index (κ2) is 8.03. The van der Waals surface area contributed by atoms with Gasteiger partial charge in [0.2, 0.25) is 5.91 Å². The van der Waals surface area contributed by atoms with Crippen LogP contribution in [-0.4, -0.2) is 44.2 Å². The summed E-state index contributed by atoms with van der Waals surface area (Å²) < 4.78 is 10.9. The lowest BCUT2D eigenvalue weighted by atomic mass is 10.1. The Labute approximate surface area is 127 Å². The minimum absolute atomic E-state index is 0.180. The molecule has 0 N–H and O–H groups in total. The van der Waals surface area contributed by atoms with Crippen molar-refractivity contribution < 1.29 is 14.3 Å². The van der Waals surface area contributed by atoms with Crippen molar-refractivity contribution in [2.24, 2.45) is 0 Å². The average molecular weight is 291 g/mol. The number of hydrogen-bond acceptors (Lipinski definition) is 3. The zero-order valence-corrected chi connectivity index (χ0v) is 13.0. The monoisotopic (exact) mass is 291 g/mol. The summed E-state index contributed by atoms with van der Waals surface area (Å²) in [5, 5.41) is 0. The first-order valence-electron chi connectivity index (χ1n) is 7.68. The molecule has 21 heavy (non-hydrogen) atoms. The summed E-state index contributed by atoms with van der Waals surface area (Å²) in [6.07, 6.45) is 4.79. The van der Waals surface area contributed by atoms with E-state index >= 15 is 0 Å². The predicted octanol–water partition coefficient (Wildman–Crippen LogP) is 2.66. The molecule has 4 heteroatoms. The number of rotatable bonds is 7. The number of benzene rings is 1. The van der Waals surface area contributed by atoms with E-state index in [1.165, 1.54) is 0 Å². The summed E-state index contributed by atoms with van der Waals surface area (Å²) >= 11 is 0. The number of hydrogen-bond donors (Lipinski definition) is 0. The number of ether oxygens (including phenoxy) is 2. The van der Waals surface area contributed by atoms with E-state index in [9.17, 15) is 4.79 Å². The molecule has 116 valence electrons. The molecule has 0 spiro atoms. The van der Waals surface area contributed by atoms with Crippen molar-refractivity contribution in [2.45, 2.75) is 38.2 Å². The van der Waals surface area contributed by atoms with Gasteiger partial charge < -0.3 is 14.4 Å². The Balaban J connectivity index is 1.75. The number of carbonyl (C=O) groups is 1. The topological polar surface area (TPSA) is 38.8 Å². The fourth-order valence-corrected chi connectivity index (χ4v) is 2.68. The molecule has 0 bridgehead atoms. The van der Waals surface area contributed by atoms with Gasteiger partial charge >= 0.3 is 0 Å². The maximum Gasteiger partial charge on any atom is 0.222 e. The van der Waals surface area contributed by atoms with Crippen molar-refractivity contribution in [3.05, 3.63) is 29.8 Å². The molecule has 4 nitrogen and oxygen atoms in total. The molecule has 1 aromatic rings. The number of nitrogens with zero attached hydrogens (tertiary/aromatic N) is 1. The van der Waals surface area contributed by atoms with Gasteiger partial charge in [0, 0.05) is 26.6 Å². The SMILES string of the molecule is COc1ccccc1CCC(=O)N(C)CC[C@@H]1CCCO1. The van der Waals surface area contributed by atoms with Crippen LogP contribution in [-0.2, 0) is 16.0 Å². The number of para-hydroxylation sites is 1. The standard InChI is InChI=1S/C17H25NO3/c1-18(12-11-15-7-5-13-21-15)17(19)10-9-14-6-3-4-8-16(14)20-2/h3-4,6,8,15H,5,7,9-13H2,1-2H3/t15-/m0/s1. The van der Waals surface area contributed by atoms with Crippen molar-refractivity contribution in [3.63, 3.8) is 0 Å². The van der Waals surface area contributed by atoms with Crippen LogP contribution < -0.4 is 4.74 Å².